The topological polar surface area (TPSA) is 82.6 Å². The summed E-state index contributed by atoms with van der Waals surface area (Å²) < 4.78 is 44.6. The van der Waals surface area contributed by atoms with Crippen LogP contribution in [0.15, 0.2) is 24.4 Å². The van der Waals surface area contributed by atoms with Gasteiger partial charge in [0.15, 0.2) is 0 Å². The van der Waals surface area contributed by atoms with Crippen molar-refractivity contribution in [3.63, 3.8) is 0 Å². The van der Waals surface area contributed by atoms with Crippen LogP contribution in [0.5, 0.6) is 5.75 Å². The molecule has 0 saturated carbocycles. The first-order valence-electron chi connectivity index (χ1n) is 10.4. The van der Waals surface area contributed by atoms with E-state index in [9.17, 15) is 18.0 Å². The van der Waals surface area contributed by atoms with Gasteiger partial charge in [-0.15, -0.1) is 0 Å². The molecule has 0 aliphatic carbocycles. The van der Waals surface area contributed by atoms with E-state index >= 15 is 0 Å². The second-order valence-electron chi connectivity index (χ2n) is 7.42. The predicted octanol–water partition coefficient (Wildman–Crippen LogP) is 3.83. The molecule has 1 saturated heterocycles. The number of rotatable bonds is 8. The molecule has 1 amide bonds. The highest BCUT2D eigenvalue weighted by atomic mass is 79.9. The fourth-order valence-corrected chi connectivity index (χ4v) is 3.78. The van der Waals surface area contributed by atoms with Crippen molar-refractivity contribution in [2.45, 2.75) is 12.6 Å². The summed E-state index contributed by atoms with van der Waals surface area (Å²) in [6.07, 6.45) is -2.79. The van der Waals surface area contributed by atoms with Crippen LogP contribution in [0.3, 0.4) is 0 Å². The summed E-state index contributed by atoms with van der Waals surface area (Å²) in [5, 5.41) is 6.25. The second kappa shape index (κ2) is 11.0. The van der Waals surface area contributed by atoms with Crippen LogP contribution in [-0.2, 0) is 6.18 Å². The Kier molecular flexibility index (Phi) is 8.35. The number of nitrogens with one attached hydrogen (secondary N) is 2. The normalized spacial score (nSPS) is 14.8. The lowest BCUT2D eigenvalue weighted by molar-refractivity contribution is -0.137. The van der Waals surface area contributed by atoms with Crippen LogP contribution in [0.2, 0.25) is 0 Å². The minimum atomic E-state index is -4.57. The Hall–Kier alpha value is -2.60. The third-order valence-corrected chi connectivity index (χ3v) is 5.85. The van der Waals surface area contributed by atoms with Gasteiger partial charge in [0.25, 0.3) is 5.91 Å². The van der Waals surface area contributed by atoms with Gasteiger partial charge in [-0.25, -0.2) is 4.98 Å². The zero-order valence-electron chi connectivity index (χ0n) is 18.4. The van der Waals surface area contributed by atoms with Gasteiger partial charge in [0.2, 0.25) is 5.95 Å². The first-order chi connectivity index (χ1) is 15.8. The largest absolute Gasteiger partial charge is 0.495 e. The van der Waals surface area contributed by atoms with E-state index in [0.29, 0.717) is 36.3 Å². The Balaban J connectivity index is 1.72. The van der Waals surface area contributed by atoms with Crippen molar-refractivity contribution in [1.29, 1.82) is 0 Å². The molecule has 1 aromatic carbocycles. The number of hydrogen-bond donors (Lipinski definition) is 2. The lowest BCUT2D eigenvalue weighted by Crippen LogP contribution is -2.48. The number of methoxy groups -OCH3 is 1. The van der Waals surface area contributed by atoms with Gasteiger partial charge in [0, 0.05) is 50.3 Å². The summed E-state index contributed by atoms with van der Waals surface area (Å²) >= 11 is 3.44. The smallest absolute Gasteiger partial charge is 0.421 e. The van der Waals surface area contributed by atoms with Gasteiger partial charge in [0.05, 0.1) is 12.8 Å². The zero-order valence-corrected chi connectivity index (χ0v) is 20.0. The SMILES string of the molecule is CNc1nc(Nc2ccc(C(=O)N3CCN(CCCBr)CC3)cc2OC)ncc1C(F)(F)F. The van der Waals surface area contributed by atoms with Gasteiger partial charge in [-0.3, -0.25) is 9.69 Å². The number of piperazine rings is 1. The first kappa shape index (κ1) is 25.0. The van der Waals surface area contributed by atoms with Gasteiger partial charge in [-0.05, 0) is 31.2 Å². The number of hydrogen-bond acceptors (Lipinski definition) is 7. The molecule has 0 bridgehead atoms. The molecule has 180 valence electrons. The number of benzene rings is 1. The molecule has 0 atom stereocenters. The summed E-state index contributed by atoms with van der Waals surface area (Å²) in [5.41, 5.74) is -0.0678. The standard InChI is InChI=1S/C21H26BrF3N6O2/c1-26-18-15(21(23,24)25)13-27-20(29-18)28-16-5-4-14(12-17(16)33-2)19(32)31-10-8-30(9-11-31)7-3-6-22/h4-5,12-13H,3,6-11H2,1-2H3,(H2,26,27,28,29). The van der Waals surface area contributed by atoms with E-state index in [4.69, 9.17) is 4.74 Å². The Labute approximate surface area is 198 Å². The van der Waals surface area contributed by atoms with E-state index in [1.165, 1.54) is 14.2 Å². The number of amides is 1. The number of nitrogens with zero attached hydrogens (tertiary/aromatic N) is 4. The van der Waals surface area contributed by atoms with E-state index in [2.05, 4.69) is 41.4 Å². The van der Waals surface area contributed by atoms with Crippen LogP contribution in [0.1, 0.15) is 22.3 Å². The van der Waals surface area contributed by atoms with Crippen molar-refractivity contribution in [3.8, 4) is 5.75 Å². The van der Waals surface area contributed by atoms with Crippen LogP contribution >= 0.6 is 15.9 Å². The third kappa shape index (κ3) is 6.26. The molecular formula is C21H26BrF3N6O2. The number of halogens is 4. The predicted molar refractivity (Wildman–Crippen MR) is 124 cm³/mol. The van der Waals surface area contributed by atoms with Gasteiger partial charge >= 0.3 is 6.18 Å². The summed E-state index contributed by atoms with van der Waals surface area (Å²) in [4.78, 5) is 24.8. The summed E-state index contributed by atoms with van der Waals surface area (Å²) in [6.45, 7) is 3.96. The number of anilines is 3. The number of aromatic nitrogens is 2. The fraction of sp³-hybridized carbons (Fsp3) is 0.476. The molecule has 12 heteroatoms. The van der Waals surface area contributed by atoms with Crippen molar-refractivity contribution < 1.29 is 22.7 Å². The number of carbonyl (C=O) groups is 1. The Bertz CT molecular complexity index is 968. The van der Waals surface area contributed by atoms with Crippen LogP contribution in [0, 0.1) is 0 Å². The van der Waals surface area contributed by atoms with Crippen molar-refractivity contribution in [3.05, 3.63) is 35.5 Å². The molecule has 1 aromatic heterocycles. The second-order valence-corrected chi connectivity index (χ2v) is 8.21. The van der Waals surface area contributed by atoms with E-state index in [-0.39, 0.29) is 17.7 Å². The maximum Gasteiger partial charge on any atom is 0.421 e. The molecule has 2 heterocycles. The average molecular weight is 531 g/mol. The lowest BCUT2D eigenvalue weighted by atomic mass is 10.1. The Morgan fingerprint density at radius 2 is 1.97 bits per heavy atom. The van der Waals surface area contributed by atoms with Crippen LogP contribution < -0.4 is 15.4 Å². The summed E-state index contributed by atoms with van der Waals surface area (Å²) in [5.74, 6) is -0.125. The molecule has 33 heavy (non-hydrogen) atoms. The highest BCUT2D eigenvalue weighted by molar-refractivity contribution is 9.09. The van der Waals surface area contributed by atoms with Crippen molar-refractivity contribution in [1.82, 2.24) is 19.8 Å². The third-order valence-electron chi connectivity index (χ3n) is 5.29. The molecule has 8 nitrogen and oxygen atoms in total. The molecule has 0 unspecified atom stereocenters. The summed E-state index contributed by atoms with van der Waals surface area (Å²) in [6, 6.07) is 4.87. The lowest BCUT2D eigenvalue weighted by Gasteiger charge is -2.34. The molecule has 1 aliphatic heterocycles. The molecule has 2 aromatic rings. The average Bonchev–Trinajstić information content (AvgIpc) is 2.82. The highest BCUT2D eigenvalue weighted by Gasteiger charge is 2.35. The number of carbonyl (C=O) groups excluding carboxylic acids is 1. The van der Waals surface area contributed by atoms with Gasteiger partial charge in [0.1, 0.15) is 17.1 Å². The van der Waals surface area contributed by atoms with Crippen molar-refractivity contribution in [2.24, 2.45) is 0 Å². The van der Waals surface area contributed by atoms with Crippen LogP contribution in [-0.4, -0.2) is 77.9 Å². The van der Waals surface area contributed by atoms with Gasteiger partial charge in [-0.2, -0.15) is 18.2 Å². The molecular weight excluding hydrogens is 505 g/mol. The Morgan fingerprint density at radius 1 is 1.24 bits per heavy atom. The molecule has 0 radical (unpaired) electrons. The number of ether oxygens (including phenoxy) is 1. The highest BCUT2D eigenvalue weighted by Crippen LogP contribution is 2.34. The number of alkyl halides is 4. The van der Waals surface area contributed by atoms with Gasteiger partial charge < -0.3 is 20.3 Å². The zero-order chi connectivity index (χ0) is 24.0. The minimum absolute atomic E-state index is 0.0377. The van der Waals surface area contributed by atoms with Crippen LogP contribution in [0.4, 0.5) is 30.6 Å². The van der Waals surface area contributed by atoms with E-state index in [1.54, 1.807) is 18.2 Å². The van der Waals surface area contributed by atoms with Crippen molar-refractivity contribution in [2.75, 3.05) is 62.8 Å². The Morgan fingerprint density at radius 3 is 2.58 bits per heavy atom. The van der Waals surface area contributed by atoms with E-state index in [0.717, 1.165) is 31.4 Å². The molecule has 3 rings (SSSR count). The molecule has 1 aliphatic rings. The van der Waals surface area contributed by atoms with Crippen LogP contribution in [0.25, 0.3) is 0 Å². The van der Waals surface area contributed by atoms with E-state index in [1.807, 2.05) is 4.90 Å². The van der Waals surface area contributed by atoms with Crippen molar-refractivity contribution >= 4 is 39.3 Å². The molecule has 1 fully saturated rings. The van der Waals surface area contributed by atoms with Gasteiger partial charge in [-0.1, -0.05) is 15.9 Å². The molecule has 2 N–H and O–H groups in total. The maximum absolute atomic E-state index is 13.1. The fourth-order valence-electron chi connectivity index (χ4n) is 3.53. The maximum atomic E-state index is 13.1. The quantitative estimate of drug-likeness (QED) is 0.502. The molecule has 0 spiro atoms. The summed E-state index contributed by atoms with van der Waals surface area (Å²) in [7, 11) is 2.80. The first-order valence-corrected chi connectivity index (χ1v) is 11.5. The monoisotopic (exact) mass is 530 g/mol. The minimum Gasteiger partial charge on any atom is -0.495 e. The van der Waals surface area contributed by atoms with E-state index < -0.39 is 11.7 Å².